The first kappa shape index (κ1) is 11.5. The highest BCUT2D eigenvalue weighted by Crippen LogP contribution is 2.02. The van der Waals surface area contributed by atoms with Crippen LogP contribution in [-0.2, 0) is 13.6 Å². The molecular formula is C10H9ClN4O2. The van der Waals surface area contributed by atoms with Crippen LogP contribution in [0.25, 0.3) is 0 Å². The van der Waals surface area contributed by atoms with Gasteiger partial charge in [-0.15, -0.1) is 5.10 Å². The summed E-state index contributed by atoms with van der Waals surface area (Å²) in [5.41, 5.74) is -0.606. The molecule has 2 rings (SSSR count). The first-order chi connectivity index (χ1) is 8.08. The van der Waals surface area contributed by atoms with Gasteiger partial charge in [0, 0.05) is 19.4 Å². The van der Waals surface area contributed by atoms with E-state index in [9.17, 15) is 9.59 Å². The van der Waals surface area contributed by atoms with Crippen molar-refractivity contribution in [1.82, 2.24) is 19.3 Å². The molecule has 6 nitrogen and oxygen atoms in total. The molecule has 0 aromatic carbocycles. The summed E-state index contributed by atoms with van der Waals surface area (Å²) < 4.78 is 2.51. The third kappa shape index (κ3) is 2.42. The molecule has 88 valence electrons. The maximum absolute atomic E-state index is 11.6. The van der Waals surface area contributed by atoms with Gasteiger partial charge >= 0.3 is 11.1 Å². The van der Waals surface area contributed by atoms with Gasteiger partial charge in [0.05, 0.1) is 12.2 Å². The van der Waals surface area contributed by atoms with Gasteiger partial charge in [-0.05, 0) is 12.1 Å². The fourth-order valence-corrected chi connectivity index (χ4v) is 1.42. The largest absolute Gasteiger partial charge is 0.316 e. The van der Waals surface area contributed by atoms with E-state index in [-0.39, 0.29) is 11.7 Å². The molecule has 7 heteroatoms. The second-order valence-corrected chi connectivity index (χ2v) is 3.88. The Kier molecular flexibility index (Phi) is 3.06. The van der Waals surface area contributed by atoms with Gasteiger partial charge in [-0.2, -0.15) is 5.10 Å². The predicted octanol–water partition coefficient (Wildman–Crippen LogP) is 0.0387. The molecule has 2 heterocycles. The van der Waals surface area contributed by atoms with E-state index in [0.29, 0.717) is 5.69 Å². The van der Waals surface area contributed by atoms with E-state index in [1.165, 1.54) is 28.6 Å². The highest BCUT2D eigenvalue weighted by atomic mass is 35.5. The molecule has 0 aliphatic heterocycles. The Balaban J connectivity index is 2.37. The van der Waals surface area contributed by atoms with Crippen molar-refractivity contribution in [2.75, 3.05) is 0 Å². The molecule has 0 bridgehead atoms. The Labute approximate surface area is 101 Å². The number of aromatic nitrogens is 4. The van der Waals surface area contributed by atoms with Gasteiger partial charge in [0.25, 0.3) is 0 Å². The molecule has 0 spiro atoms. The van der Waals surface area contributed by atoms with Gasteiger partial charge < -0.3 is 9.13 Å². The van der Waals surface area contributed by atoms with Crippen LogP contribution in [-0.4, -0.2) is 19.3 Å². The average Bonchev–Trinajstić information content (AvgIpc) is 2.33. The van der Waals surface area contributed by atoms with E-state index in [4.69, 9.17) is 11.6 Å². The quantitative estimate of drug-likeness (QED) is 0.708. The molecule has 0 amide bonds. The fraction of sp³-hybridized carbons (Fsp3) is 0.200. The van der Waals surface area contributed by atoms with Crippen molar-refractivity contribution >= 4 is 11.6 Å². The van der Waals surface area contributed by atoms with Crippen LogP contribution < -0.4 is 11.1 Å². The van der Waals surface area contributed by atoms with Crippen molar-refractivity contribution in [3.63, 3.8) is 0 Å². The lowest BCUT2D eigenvalue weighted by Gasteiger charge is -2.04. The van der Waals surface area contributed by atoms with Crippen LogP contribution in [0.15, 0.2) is 34.1 Å². The highest BCUT2D eigenvalue weighted by Gasteiger charge is 2.04. The van der Waals surface area contributed by atoms with Crippen molar-refractivity contribution < 1.29 is 0 Å². The zero-order valence-corrected chi connectivity index (χ0v) is 9.76. The van der Waals surface area contributed by atoms with Crippen molar-refractivity contribution in [1.29, 1.82) is 0 Å². The summed E-state index contributed by atoms with van der Waals surface area (Å²) in [5.74, 6) is 0. The SMILES string of the molecule is Cn1ccn(Cc2ccc(Cl)nn2)c(=O)c1=O. The van der Waals surface area contributed by atoms with Crippen molar-refractivity contribution in [2.45, 2.75) is 6.54 Å². The molecule has 0 atom stereocenters. The van der Waals surface area contributed by atoms with Gasteiger partial charge in [0.1, 0.15) is 0 Å². The summed E-state index contributed by atoms with van der Waals surface area (Å²) in [6, 6.07) is 3.23. The van der Waals surface area contributed by atoms with Gasteiger partial charge in [-0.25, -0.2) is 0 Å². The third-order valence-corrected chi connectivity index (χ3v) is 2.46. The summed E-state index contributed by atoms with van der Waals surface area (Å²) in [6.45, 7) is 0.194. The molecular weight excluding hydrogens is 244 g/mol. The minimum atomic E-state index is -0.591. The zero-order valence-electron chi connectivity index (χ0n) is 9.00. The van der Waals surface area contributed by atoms with E-state index >= 15 is 0 Å². The Hall–Kier alpha value is -1.95. The maximum Gasteiger partial charge on any atom is 0.316 e. The lowest BCUT2D eigenvalue weighted by Crippen LogP contribution is -2.39. The lowest BCUT2D eigenvalue weighted by atomic mass is 10.4. The lowest BCUT2D eigenvalue weighted by molar-refractivity contribution is 0.676. The van der Waals surface area contributed by atoms with Crippen LogP contribution in [0.5, 0.6) is 0 Å². The molecule has 0 unspecified atom stereocenters. The molecule has 0 aliphatic carbocycles. The highest BCUT2D eigenvalue weighted by molar-refractivity contribution is 6.29. The molecule has 0 saturated heterocycles. The standard InChI is InChI=1S/C10H9ClN4O2/c1-14-4-5-15(10(17)9(14)16)6-7-2-3-8(11)13-12-7/h2-5H,6H2,1H3. The summed E-state index contributed by atoms with van der Waals surface area (Å²) in [5, 5.41) is 7.76. The molecule has 2 aromatic heterocycles. The smallest absolute Gasteiger partial charge is 0.312 e. The average molecular weight is 253 g/mol. The molecule has 0 saturated carbocycles. The van der Waals surface area contributed by atoms with Crippen molar-refractivity contribution in [3.8, 4) is 0 Å². The van der Waals surface area contributed by atoms with Crippen LogP contribution in [0.1, 0.15) is 5.69 Å². The van der Waals surface area contributed by atoms with Gasteiger partial charge in [-0.3, -0.25) is 9.59 Å². The molecule has 0 fully saturated rings. The van der Waals surface area contributed by atoms with Crippen LogP contribution in [0.2, 0.25) is 5.15 Å². The molecule has 0 radical (unpaired) electrons. The van der Waals surface area contributed by atoms with E-state index in [2.05, 4.69) is 10.2 Å². The van der Waals surface area contributed by atoms with Crippen LogP contribution in [0.4, 0.5) is 0 Å². The van der Waals surface area contributed by atoms with Crippen molar-refractivity contribution in [3.05, 3.63) is 56.1 Å². The molecule has 0 aliphatic rings. The Morgan fingerprint density at radius 2 is 1.94 bits per heavy atom. The first-order valence-corrected chi connectivity index (χ1v) is 5.20. The number of aryl methyl sites for hydroxylation is 1. The molecule has 17 heavy (non-hydrogen) atoms. The van der Waals surface area contributed by atoms with E-state index in [0.717, 1.165) is 0 Å². The third-order valence-electron chi connectivity index (χ3n) is 2.25. The van der Waals surface area contributed by atoms with E-state index in [1.807, 2.05) is 0 Å². The van der Waals surface area contributed by atoms with E-state index < -0.39 is 11.1 Å². The number of rotatable bonds is 2. The number of halogens is 1. The normalized spacial score (nSPS) is 10.5. The first-order valence-electron chi connectivity index (χ1n) is 4.82. The van der Waals surface area contributed by atoms with Gasteiger partial charge in [0.15, 0.2) is 5.15 Å². The van der Waals surface area contributed by atoms with Gasteiger partial charge in [-0.1, -0.05) is 11.6 Å². The predicted molar refractivity (Wildman–Crippen MR) is 62.1 cm³/mol. The fourth-order valence-electron chi connectivity index (χ4n) is 1.32. The Bertz CT molecular complexity index is 645. The molecule has 0 N–H and O–H groups in total. The maximum atomic E-state index is 11.6. The number of hydrogen-bond donors (Lipinski definition) is 0. The summed E-state index contributed by atoms with van der Waals surface area (Å²) in [7, 11) is 1.52. The van der Waals surface area contributed by atoms with Crippen LogP contribution >= 0.6 is 11.6 Å². The zero-order chi connectivity index (χ0) is 12.4. The summed E-state index contributed by atoms with van der Waals surface area (Å²) >= 11 is 5.60. The van der Waals surface area contributed by atoms with Crippen LogP contribution in [0, 0.1) is 0 Å². The Morgan fingerprint density at radius 3 is 2.59 bits per heavy atom. The summed E-state index contributed by atoms with van der Waals surface area (Å²) in [4.78, 5) is 23.0. The Morgan fingerprint density at radius 1 is 1.18 bits per heavy atom. The van der Waals surface area contributed by atoms with E-state index in [1.54, 1.807) is 12.1 Å². The topological polar surface area (TPSA) is 69.8 Å². The minimum absolute atomic E-state index is 0.194. The van der Waals surface area contributed by atoms with Crippen LogP contribution in [0.3, 0.4) is 0 Å². The second kappa shape index (κ2) is 4.50. The number of hydrogen-bond acceptors (Lipinski definition) is 4. The monoisotopic (exact) mass is 252 g/mol. The minimum Gasteiger partial charge on any atom is -0.312 e. The van der Waals surface area contributed by atoms with Crippen molar-refractivity contribution in [2.24, 2.45) is 7.05 Å². The summed E-state index contributed by atoms with van der Waals surface area (Å²) in [6.07, 6.45) is 3.05. The number of nitrogens with zero attached hydrogens (tertiary/aromatic N) is 4. The second-order valence-electron chi connectivity index (χ2n) is 3.49. The molecule has 2 aromatic rings. The van der Waals surface area contributed by atoms with Gasteiger partial charge in [0.2, 0.25) is 0 Å².